The number of nitrogens with zero attached hydrogens (tertiary/aromatic N) is 5. The van der Waals surface area contributed by atoms with Gasteiger partial charge in [0.1, 0.15) is 5.82 Å². The summed E-state index contributed by atoms with van der Waals surface area (Å²) >= 11 is 0. The minimum atomic E-state index is 0.0424. The van der Waals surface area contributed by atoms with E-state index < -0.39 is 0 Å². The van der Waals surface area contributed by atoms with E-state index in [2.05, 4.69) is 28.2 Å². The number of fused-ring (bicyclic) bond motifs is 1. The fourth-order valence-corrected chi connectivity index (χ4v) is 3.99. The highest BCUT2D eigenvalue weighted by molar-refractivity contribution is 5.95. The van der Waals surface area contributed by atoms with Crippen LogP contribution in [0.15, 0.2) is 72.9 Å². The van der Waals surface area contributed by atoms with Crippen LogP contribution in [0.3, 0.4) is 0 Å². The van der Waals surface area contributed by atoms with Gasteiger partial charge in [-0.25, -0.2) is 9.67 Å². The number of benzene rings is 2. The van der Waals surface area contributed by atoms with Crippen molar-refractivity contribution in [2.24, 2.45) is 0 Å². The number of rotatable bonds is 3. The number of carbonyl (C=O) groups is 1. The lowest BCUT2D eigenvalue weighted by Crippen LogP contribution is -2.49. The third-order valence-corrected chi connectivity index (χ3v) is 5.72. The summed E-state index contributed by atoms with van der Waals surface area (Å²) < 4.78 is 1.82. The van der Waals surface area contributed by atoms with Gasteiger partial charge < -0.3 is 9.80 Å². The monoisotopic (exact) mass is 397 g/mol. The van der Waals surface area contributed by atoms with Crippen molar-refractivity contribution in [1.29, 1.82) is 0 Å². The summed E-state index contributed by atoms with van der Waals surface area (Å²) in [6.45, 7) is 4.82. The van der Waals surface area contributed by atoms with E-state index in [4.69, 9.17) is 4.98 Å². The maximum Gasteiger partial charge on any atom is 0.257 e. The van der Waals surface area contributed by atoms with Crippen LogP contribution >= 0.6 is 0 Å². The molecule has 0 radical (unpaired) electrons. The predicted octanol–water partition coefficient (Wildman–Crippen LogP) is 3.69. The molecular formula is C24H23N5O. The molecule has 0 N–H and O–H groups in total. The van der Waals surface area contributed by atoms with Crippen molar-refractivity contribution in [2.75, 3.05) is 31.1 Å². The van der Waals surface area contributed by atoms with E-state index in [1.807, 2.05) is 65.0 Å². The summed E-state index contributed by atoms with van der Waals surface area (Å²) in [6, 6.07) is 22.2. The number of anilines is 1. The zero-order valence-corrected chi connectivity index (χ0v) is 16.9. The van der Waals surface area contributed by atoms with Gasteiger partial charge in [0.2, 0.25) is 0 Å². The van der Waals surface area contributed by atoms with Gasteiger partial charge in [0, 0.05) is 31.6 Å². The number of para-hydroxylation sites is 2. The van der Waals surface area contributed by atoms with E-state index >= 15 is 0 Å². The molecule has 30 heavy (non-hydrogen) atoms. The molecule has 1 aliphatic heterocycles. The topological polar surface area (TPSA) is 54.3 Å². The molecule has 2 aromatic heterocycles. The van der Waals surface area contributed by atoms with Crippen molar-refractivity contribution in [3.8, 4) is 5.69 Å². The number of carbonyl (C=O) groups excluding carboxylic acids is 1. The van der Waals surface area contributed by atoms with E-state index in [-0.39, 0.29) is 5.91 Å². The largest absolute Gasteiger partial charge is 0.353 e. The Morgan fingerprint density at radius 3 is 2.40 bits per heavy atom. The van der Waals surface area contributed by atoms with Crippen molar-refractivity contribution in [1.82, 2.24) is 19.7 Å². The molecule has 6 heteroatoms. The van der Waals surface area contributed by atoms with Crippen LogP contribution in [0.1, 0.15) is 16.1 Å². The standard InChI is InChI=1S/C24H23N5O/c1-18-21(17-25-29(18)20-8-3-2-4-9-20)24(30)28-15-13-27(14-16-28)23-12-11-19-7-5-6-10-22(19)26-23/h2-12,17H,13-16H2,1H3. The van der Waals surface area contributed by atoms with Crippen LogP contribution in [-0.2, 0) is 0 Å². The van der Waals surface area contributed by atoms with E-state index in [0.717, 1.165) is 41.2 Å². The highest BCUT2D eigenvalue weighted by Gasteiger charge is 2.25. The zero-order chi connectivity index (χ0) is 20.5. The Morgan fingerprint density at radius 2 is 1.60 bits per heavy atom. The number of aromatic nitrogens is 3. The van der Waals surface area contributed by atoms with E-state index in [0.29, 0.717) is 18.7 Å². The van der Waals surface area contributed by atoms with Crippen LogP contribution in [0, 0.1) is 6.92 Å². The van der Waals surface area contributed by atoms with Crippen molar-refractivity contribution in [3.63, 3.8) is 0 Å². The Bertz CT molecular complexity index is 1190. The number of hydrogen-bond donors (Lipinski definition) is 0. The Labute approximate surface area is 175 Å². The number of amides is 1. The summed E-state index contributed by atoms with van der Waals surface area (Å²) in [7, 11) is 0. The summed E-state index contributed by atoms with van der Waals surface area (Å²) in [5.41, 5.74) is 3.49. The SMILES string of the molecule is Cc1c(C(=O)N2CCN(c3ccc4ccccc4n3)CC2)cnn1-c1ccccc1. The second-order valence-electron chi connectivity index (χ2n) is 7.53. The molecule has 0 bridgehead atoms. The van der Waals surface area contributed by atoms with Gasteiger partial charge in [0.25, 0.3) is 5.91 Å². The summed E-state index contributed by atoms with van der Waals surface area (Å²) in [5, 5.41) is 5.58. The van der Waals surface area contributed by atoms with Crippen molar-refractivity contribution in [2.45, 2.75) is 6.92 Å². The highest BCUT2D eigenvalue weighted by Crippen LogP contribution is 2.21. The van der Waals surface area contributed by atoms with Gasteiger partial charge in [-0.3, -0.25) is 4.79 Å². The lowest BCUT2D eigenvalue weighted by Gasteiger charge is -2.35. The van der Waals surface area contributed by atoms with E-state index in [1.165, 1.54) is 0 Å². The average molecular weight is 397 g/mol. The maximum atomic E-state index is 13.1. The maximum absolute atomic E-state index is 13.1. The first-order valence-electron chi connectivity index (χ1n) is 10.2. The molecule has 1 amide bonds. The van der Waals surface area contributed by atoms with Crippen LogP contribution in [-0.4, -0.2) is 51.8 Å². The molecule has 3 heterocycles. The van der Waals surface area contributed by atoms with Gasteiger partial charge in [-0.15, -0.1) is 0 Å². The second kappa shape index (κ2) is 7.63. The molecular weight excluding hydrogens is 374 g/mol. The molecule has 5 rings (SSSR count). The third kappa shape index (κ3) is 3.30. The highest BCUT2D eigenvalue weighted by atomic mass is 16.2. The van der Waals surface area contributed by atoms with Crippen LogP contribution in [0.2, 0.25) is 0 Å². The van der Waals surface area contributed by atoms with Crippen LogP contribution < -0.4 is 4.90 Å². The Hall–Kier alpha value is -3.67. The molecule has 2 aromatic carbocycles. The van der Waals surface area contributed by atoms with E-state index in [9.17, 15) is 4.79 Å². The molecule has 0 unspecified atom stereocenters. The molecule has 0 saturated carbocycles. The number of piperazine rings is 1. The Kier molecular flexibility index (Phi) is 4.67. The quantitative estimate of drug-likeness (QED) is 0.529. The minimum absolute atomic E-state index is 0.0424. The fourth-order valence-electron chi connectivity index (χ4n) is 3.99. The third-order valence-electron chi connectivity index (χ3n) is 5.72. The molecule has 1 saturated heterocycles. The minimum Gasteiger partial charge on any atom is -0.353 e. The van der Waals surface area contributed by atoms with Crippen LogP contribution in [0.4, 0.5) is 5.82 Å². The summed E-state index contributed by atoms with van der Waals surface area (Å²) in [4.78, 5) is 22.1. The number of pyridine rings is 1. The number of hydrogen-bond acceptors (Lipinski definition) is 4. The van der Waals surface area contributed by atoms with Gasteiger partial charge in [0.15, 0.2) is 0 Å². The van der Waals surface area contributed by atoms with E-state index in [1.54, 1.807) is 6.20 Å². The van der Waals surface area contributed by atoms with Crippen LogP contribution in [0.25, 0.3) is 16.6 Å². The molecule has 6 nitrogen and oxygen atoms in total. The van der Waals surface area contributed by atoms with Crippen molar-refractivity contribution in [3.05, 3.63) is 84.2 Å². The predicted molar refractivity (Wildman–Crippen MR) is 118 cm³/mol. The molecule has 1 fully saturated rings. The van der Waals surface area contributed by atoms with Gasteiger partial charge in [0.05, 0.1) is 28.7 Å². The molecule has 0 aliphatic carbocycles. The molecule has 0 atom stereocenters. The first-order valence-corrected chi connectivity index (χ1v) is 10.2. The average Bonchev–Trinajstić information content (AvgIpc) is 3.20. The Morgan fingerprint density at radius 1 is 0.867 bits per heavy atom. The molecule has 150 valence electrons. The van der Waals surface area contributed by atoms with Gasteiger partial charge in [-0.1, -0.05) is 36.4 Å². The zero-order valence-electron chi connectivity index (χ0n) is 16.9. The Balaban J connectivity index is 1.29. The van der Waals surface area contributed by atoms with Gasteiger partial charge >= 0.3 is 0 Å². The first-order chi connectivity index (χ1) is 14.7. The van der Waals surface area contributed by atoms with Crippen molar-refractivity contribution < 1.29 is 4.79 Å². The van der Waals surface area contributed by atoms with Gasteiger partial charge in [-0.2, -0.15) is 5.10 Å². The fraction of sp³-hybridized carbons (Fsp3) is 0.208. The first kappa shape index (κ1) is 18.4. The summed E-state index contributed by atoms with van der Waals surface area (Å²) in [6.07, 6.45) is 1.68. The summed E-state index contributed by atoms with van der Waals surface area (Å²) in [5.74, 6) is 1.01. The van der Waals surface area contributed by atoms with Gasteiger partial charge in [-0.05, 0) is 37.3 Å². The lowest BCUT2D eigenvalue weighted by atomic mass is 10.2. The second-order valence-corrected chi connectivity index (χ2v) is 7.53. The molecule has 1 aliphatic rings. The molecule has 0 spiro atoms. The smallest absolute Gasteiger partial charge is 0.257 e. The normalized spacial score (nSPS) is 14.3. The van der Waals surface area contributed by atoms with Crippen molar-refractivity contribution >= 4 is 22.6 Å². The molecule has 4 aromatic rings. The lowest BCUT2D eigenvalue weighted by molar-refractivity contribution is 0.0746. The van der Waals surface area contributed by atoms with Crippen LogP contribution in [0.5, 0.6) is 0 Å².